The Labute approximate surface area is 164 Å². The smallest absolute Gasteiger partial charge is 0.214 e. The van der Waals surface area contributed by atoms with Crippen LogP contribution in [0.5, 0.6) is 0 Å². The quantitative estimate of drug-likeness (QED) is 0.574. The number of nitrogens with zero attached hydrogens (tertiary/aromatic N) is 1. The van der Waals surface area contributed by atoms with Gasteiger partial charge in [0.1, 0.15) is 0 Å². The molecule has 0 atom stereocenters. The summed E-state index contributed by atoms with van der Waals surface area (Å²) in [6.45, 7) is 0. The lowest BCUT2D eigenvalue weighted by Crippen LogP contribution is -2.74. The lowest BCUT2D eigenvalue weighted by Gasteiger charge is -2.13. The molecule has 2 N–H and O–H groups in total. The van der Waals surface area contributed by atoms with Crippen LogP contribution in [0.15, 0.2) is 84.6 Å². The van der Waals surface area contributed by atoms with E-state index in [1.807, 2.05) is 0 Å². The molecule has 0 aliphatic carbocycles. The van der Waals surface area contributed by atoms with Crippen molar-refractivity contribution in [3.05, 3.63) is 106 Å². The Bertz CT molecular complexity index is 1250. The lowest BCUT2D eigenvalue weighted by molar-refractivity contribution is -0.430. The number of allylic oxidation sites excluding steroid dienone is 1. The molecule has 0 radical (unpaired) electrons. The van der Waals surface area contributed by atoms with Crippen molar-refractivity contribution in [3.63, 3.8) is 0 Å². The number of para-hydroxylation sites is 2. The van der Waals surface area contributed by atoms with Crippen LogP contribution in [-0.2, 0) is 0 Å². The number of hydrogen-bond acceptors (Lipinski definition) is 1. The van der Waals surface area contributed by atoms with Gasteiger partial charge in [-0.25, -0.2) is 4.99 Å². The van der Waals surface area contributed by atoms with Crippen LogP contribution >= 0.6 is 0 Å². The standard InChI is InChI=1S/C25H21N3/c1-28(2)20-13-11-17(12-14-20)25(23-15-18-7-3-5-9-21(18)26-23)24-16-19-8-4-6-10-22(19)27-24/h3-16,26H,1-2H3/p+1. The first-order valence-electron chi connectivity index (χ1n) is 9.50. The van der Waals surface area contributed by atoms with Gasteiger partial charge in [-0.05, 0) is 35.9 Å². The molecule has 4 aromatic rings. The number of benzene rings is 3. The third-order valence-electron chi connectivity index (χ3n) is 5.27. The molecule has 1 aliphatic heterocycles. The third kappa shape index (κ3) is 2.81. The molecule has 3 heteroatoms. The zero-order valence-electron chi connectivity index (χ0n) is 16.0. The predicted octanol–water partition coefficient (Wildman–Crippen LogP) is 2.19. The van der Waals surface area contributed by atoms with Crippen LogP contribution in [0.1, 0.15) is 11.3 Å². The molecule has 0 fully saturated rings. The Morgan fingerprint density at radius 3 is 2.36 bits per heavy atom. The summed E-state index contributed by atoms with van der Waals surface area (Å²) in [5.74, 6) is 0. The number of nitrogens with one attached hydrogen (secondary N) is 2. The van der Waals surface area contributed by atoms with Gasteiger partial charge in [-0.2, -0.15) is 0 Å². The van der Waals surface area contributed by atoms with E-state index in [4.69, 9.17) is 0 Å². The number of H-pyrrole nitrogens is 1. The fourth-order valence-electron chi connectivity index (χ4n) is 3.80. The summed E-state index contributed by atoms with van der Waals surface area (Å²) in [6.07, 6.45) is 2.23. The molecule has 1 aromatic heterocycles. The van der Waals surface area contributed by atoms with Crippen molar-refractivity contribution >= 4 is 28.2 Å². The molecule has 0 bridgehead atoms. The van der Waals surface area contributed by atoms with Crippen LogP contribution in [0.25, 0.3) is 22.6 Å². The van der Waals surface area contributed by atoms with Gasteiger partial charge in [0.2, 0.25) is 11.1 Å². The number of fused-ring (bicyclic) bond motifs is 2. The second-order valence-corrected chi connectivity index (χ2v) is 7.36. The highest BCUT2D eigenvalue weighted by Gasteiger charge is 2.20. The molecule has 3 aromatic carbocycles. The first-order valence-corrected chi connectivity index (χ1v) is 9.50. The maximum absolute atomic E-state index is 3.61. The first-order chi connectivity index (χ1) is 13.7. The number of aromatic nitrogens is 1. The second-order valence-electron chi connectivity index (χ2n) is 7.36. The van der Waals surface area contributed by atoms with Gasteiger partial charge < -0.3 is 9.88 Å². The van der Waals surface area contributed by atoms with Crippen molar-refractivity contribution in [2.75, 3.05) is 19.0 Å². The molecule has 28 heavy (non-hydrogen) atoms. The Hall–Kier alpha value is -3.59. The maximum atomic E-state index is 3.61. The van der Waals surface area contributed by atoms with E-state index in [2.05, 4.69) is 114 Å². The summed E-state index contributed by atoms with van der Waals surface area (Å²) in [7, 11) is 4.13. The van der Waals surface area contributed by atoms with E-state index in [9.17, 15) is 0 Å². The van der Waals surface area contributed by atoms with Crippen molar-refractivity contribution in [1.82, 2.24) is 4.98 Å². The van der Waals surface area contributed by atoms with Crippen molar-refractivity contribution < 1.29 is 4.99 Å². The number of anilines is 1. The molecule has 2 heterocycles. The molecular formula is C25H22N3+. The van der Waals surface area contributed by atoms with E-state index < -0.39 is 0 Å². The van der Waals surface area contributed by atoms with Gasteiger partial charge in [0.15, 0.2) is 0 Å². The van der Waals surface area contributed by atoms with Crippen LogP contribution in [0, 0.1) is 0 Å². The molecule has 3 nitrogen and oxygen atoms in total. The van der Waals surface area contributed by atoms with E-state index in [0.717, 1.165) is 22.3 Å². The topological polar surface area (TPSA) is 33.0 Å². The molecule has 0 saturated carbocycles. The Kier molecular flexibility index (Phi) is 3.87. The average molecular weight is 364 g/mol. The van der Waals surface area contributed by atoms with Crippen LogP contribution < -0.4 is 20.5 Å². The van der Waals surface area contributed by atoms with E-state index in [1.165, 1.54) is 27.4 Å². The minimum Gasteiger partial charge on any atom is -0.378 e. The number of rotatable bonds is 3. The minimum atomic E-state index is 1.12. The van der Waals surface area contributed by atoms with Crippen LogP contribution in [0.4, 0.5) is 5.69 Å². The summed E-state index contributed by atoms with van der Waals surface area (Å²) in [5, 5.41) is 3.59. The SMILES string of the molecule is CN(C)c1ccc(C(=C2C=c3ccccc3=[NH+]2)c2cc3ccccc3[nH]2)cc1. The zero-order valence-corrected chi connectivity index (χ0v) is 16.0. The number of hydrogen-bond donors (Lipinski definition) is 2. The Morgan fingerprint density at radius 1 is 0.857 bits per heavy atom. The van der Waals surface area contributed by atoms with Crippen LogP contribution in [-0.4, -0.2) is 19.1 Å². The summed E-state index contributed by atoms with van der Waals surface area (Å²) in [6, 6.07) is 27.8. The summed E-state index contributed by atoms with van der Waals surface area (Å²) < 4.78 is 0. The second kappa shape index (κ2) is 6.54. The summed E-state index contributed by atoms with van der Waals surface area (Å²) in [5.41, 5.74) is 6.93. The highest BCUT2D eigenvalue weighted by Crippen LogP contribution is 2.29. The molecule has 5 rings (SSSR count). The highest BCUT2D eigenvalue weighted by molar-refractivity contribution is 5.91. The fourth-order valence-corrected chi connectivity index (χ4v) is 3.80. The minimum absolute atomic E-state index is 1.12. The van der Waals surface area contributed by atoms with E-state index in [1.54, 1.807) is 0 Å². The molecule has 0 spiro atoms. The summed E-state index contributed by atoms with van der Waals surface area (Å²) in [4.78, 5) is 9.33. The third-order valence-corrected chi connectivity index (χ3v) is 5.27. The van der Waals surface area contributed by atoms with Crippen molar-refractivity contribution in [1.29, 1.82) is 0 Å². The zero-order chi connectivity index (χ0) is 19.1. The summed E-state index contributed by atoms with van der Waals surface area (Å²) >= 11 is 0. The normalized spacial score (nSPS) is 14.4. The fraction of sp³-hybridized carbons (Fsp3) is 0.0800. The monoisotopic (exact) mass is 364 g/mol. The molecule has 0 amide bonds. The lowest BCUT2D eigenvalue weighted by atomic mass is 9.99. The van der Waals surface area contributed by atoms with Gasteiger partial charge in [-0.1, -0.05) is 42.5 Å². The van der Waals surface area contributed by atoms with Crippen molar-refractivity contribution in [3.8, 4) is 0 Å². The van der Waals surface area contributed by atoms with Gasteiger partial charge in [-0.15, -0.1) is 0 Å². The van der Waals surface area contributed by atoms with E-state index >= 15 is 0 Å². The van der Waals surface area contributed by atoms with Gasteiger partial charge in [0.05, 0.1) is 16.5 Å². The van der Waals surface area contributed by atoms with Gasteiger partial charge in [-0.3, -0.25) is 0 Å². The van der Waals surface area contributed by atoms with Crippen LogP contribution in [0.2, 0.25) is 0 Å². The first kappa shape index (κ1) is 16.6. The molecule has 1 aliphatic rings. The molecule has 0 saturated heterocycles. The van der Waals surface area contributed by atoms with Gasteiger partial charge in [0.25, 0.3) is 0 Å². The number of aromatic amines is 1. The van der Waals surface area contributed by atoms with Crippen molar-refractivity contribution in [2.45, 2.75) is 0 Å². The predicted molar refractivity (Wildman–Crippen MR) is 115 cm³/mol. The molecule has 136 valence electrons. The Morgan fingerprint density at radius 2 is 1.61 bits per heavy atom. The maximum Gasteiger partial charge on any atom is 0.214 e. The molecule has 0 unspecified atom stereocenters. The van der Waals surface area contributed by atoms with Gasteiger partial charge >= 0.3 is 0 Å². The Balaban J connectivity index is 1.75. The molecular weight excluding hydrogens is 342 g/mol. The van der Waals surface area contributed by atoms with E-state index in [0.29, 0.717) is 0 Å². The van der Waals surface area contributed by atoms with Crippen molar-refractivity contribution in [2.24, 2.45) is 0 Å². The van der Waals surface area contributed by atoms with Gasteiger partial charge in [0, 0.05) is 42.8 Å². The van der Waals surface area contributed by atoms with Crippen LogP contribution in [0.3, 0.4) is 0 Å². The largest absolute Gasteiger partial charge is 0.378 e. The highest BCUT2D eigenvalue weighted by atomic mass is 15.1. The van der Waals surface area contributed by atoms with E-state index in [-0.39, 0.29) is 0 Å². The average Bonchev–Trinajstić information content (AvgIpc) is 3.32.